The molecule has 4 amide bonds. The first-order valence-corrected chi connectivity index (χ1v) is 6.12. The molecule has 0 spiro atoms. The van der Waals surface area contributed by atoms with Gasteiger partial charge in [0.05, 0.1) is 11.9 Å². The van der Waals surface area contributed by atoms with Crippen LogP contribution in [0.1, 0.15) is 5.56 Å². The highest BCUT2D eigenvalue weighted by atomic mass is 16.2. The summed E-state index contributed by atoms with van der Waals surface area (Å²) in [6, 6.07) is 8.59. The van der Waals surface area contributed by atoms with E-state index in [0.717, 1.165) is 5.69 Å². The summed E-state index contributed by atoms with van der Waals surface area (Å²) in [4.78, 5) is 34.2. The van der Waals surface area contributed by atoms with Gasteiger partial charge in [0.25, 0.3) is 11.8 Å². The average molecular weight is 282 g/mol. The average Bonchev–Trinajstić information content (AvgIpc) is 2.92. The number of para-hydroxylation sites is 1. The zero-order valence-corrected chi connectivity index (χ0v) is 10.7. The Morgan fingerprint density at radius 1 is 1.00 bits per heavy atom. The van der Waals surface area contributed by atoms with Crippen LogP contribution < -0.4 is 10.6 Å². The summed E-state index contributed by atoms with van der Waals surface area (Å²) in [5.74, 6) is -1.45. The molecule has 104 valence electrons. The molecule has 2 aromatic rings. The number of carbonyl (C=O) groups is 3. The topological polar surface area (TPSA) is 93.1 Å². The number of rotatable bonds is 2. The van der Waals surface area contributed by atoms with E-state index in [-0.39, 0.29) is 5.57 Å². The van der Waals surface area contributed by atoms with Crippen molar-refractivity contribution in [2.75, 3.05) is 0 Å². The number of nitrogens with zero attached hydrogens (tertiary/aromatic N) is 2. The van der Waals surface area contributed by atoms with E-state index in [0.29, 0.717) is 5.56 Å². The minimum Gasteiger partial charge on any atom is -0.273 e. The van der Waals surface area contributed by atoms with Crippen molar-refractivity contribution in [2.24, 2.45) is 0 Å². The van der Waals surface area contributed by atoms with E-state index in [1.54, 1.807) is 10.9 Å². The van der Waals surface area contributed by atoms with Crippen LogP contribution in [0.2, 0.25) is 0 Å². The predicted molar refractivity (Wildman–Crippen MR) is 73.2 cm³/mol. The first-order valence-electron chi connectivity index (χ1n) is 6.12. The lowest BCUT2D eigenvalue weighted by atomic mass is 10.1. The van der Waals surface area contributed by atoms with Crippen LogP contribution in [0, 0.1) is 0 Å². The van der Waals surface area contributed by atoms with Gasteiger partial charge in [0.1, 0.15) is 5.57 Å². The Labute approximate surface area is 119 Å². The van der Waals surface area contributed by atoms with Crippen LogP contribution in [0.4, 0.5) is 4.79 Å². The van der Waals surface area contributed by atoms with Gasteiger partial charge >= 0.3 is 6.03 Å². The van der Waals surface area contributed by atoms with Crippen molar-refractivity contribution in [3.05, 3.63) is 53.9 Å². The fourth-order valence-electron chi connectivity index (χ4n) is 1.91. The number of benzene rings is 1. The minimum atomic E-state index is -0.817. The molecule has 0 bridgehead atoms. The van der Waals surface area contributed by atoms with Crippen LogP contribution in [0.3, 0.4) is 0 Å². The second-order valence-corrected chi connectivity index (χ2v) is 4.35. The lowest BCUT2D eigenvalue weighted by molar-refractivity contribution is -0.123. The second-order valence-electron chi connectivity index (χ2n) is 4.35. The monoisotopic (exact) mass is 282 g/mol. The zero-order valence-electron chi connectivity index (χ0n) is 10.7. The molecule has 0 saturated carbocycles. The van der Waals surface area contributed by atoms with Gasteiger partial charge < -0.3 is 0 Å². The number of hydrogen-bond donors (Lipinski definition) is 2. The van der Waals surface area contributed by atoms with E-state index in [1.807, 2.05) is 41.0 Å². The van der Waals surface area contributed by atoms with Gasteiger partial charge in [-0.3, -0.25) is 20.2 Å². The van der Waals surface area contributed by atoms with Gasteiger partial charge in [-0.2, -0.15) is 5.10 Å². The second kappa shape index (κ2) is 5.04. The summed E-state index contributed by atoms with van der Waals surface area (Å²) in [6.07, 6.45) is 4.58. The molecular weight excluding hydrogens is 272 g/mol. The molecule has 1 saturated heterocycles. The summed E-state index contributed by atoms with van der Waals surface area (Å²) in [5.41, 5.74) is 1.30. The van der Waals surface area contributed by atoms with Crippen LogP contribution in [-0.2, 0) is 9.59 Å². The normalized spacial score (nSPS) is 14.7. The quantitative estimate of drug-likeness (QED) is 0.624. The number of barbiturate groups is 1. The van der Waals surface area contributed by atoms with Gasteiger partial charge in [0.15, 0.2) is 0 Å². The highest BCUT2D eigenvalue weighted by molar-refractivity contribution is 6.31. The molecule has 7 nitrogen and oxygen atoms in total. The van der Waals surface area contributed by atoms with Gasteiger partial charge in [-0.25, -0.2) is 9.48 Å². The summed E-state index contributed by atoms with van der Waals surface area (Å²) < 4.78 is 1.62. The third-order valence-corrected chi connectivity index (χ3v) is 2.88. The van der Waals surface area contributed by atoms with E-state index >= 15 is 0 Å². The molecule has 1 aliphatic heterocycles. The van der Waals surface area contributed by atoms with Crippen molar-refractivity contribution >= 4 is 23.9 Å². The Balaban J connectivity index is 1.90. The number of nitrogens with one attached hydrogen (secondary N) is 2. The first-order chi connectivity index (χ1) is 10.1. The maximum atomic E-state index is 11.6. The van der Waals surface area contributed by atoms with Gasteiger partial charge in [-0.1, -0.05) is 18.2 Å². The molecule has 2 N–H and O–H groups in total. The third-order valence-electron chi connectivity index (χ3n) is 2.88. The molecule has 0 unspecified atom stereocenters. The molecule has 3 rings (SSSR count). The molecular formula is C14H10N4O3. The number of amides is 4. The van der Waals surface area contributed by atoms with Crippen LogP contribution in [0.15, 0.2) is 48.3 Å². The van der Waals surface area contributed by atoms with Gasteiger partial charge in [-0.05, 0) is 18.2 Å². The summed E-state index contributed by atoms with van der Waals surface area (Å²) in [6.45, 7) is 0. The van der Waals surface area contributed by atoms with Gasteiger partial charge in [0.2, 0.25) is 0 Å². The molecule has 21 heavy (non-hydrogen) atoms. The smallest absolute Gasteiger partial charge is 0.273 e. The summed E-state index contributed by atoms with van der Waals surface area (Å²) in [7, 11) is 0. The van der Waals surface area contributed by atoms with Crippen molar-refractivity contribution in [1.82, 2.24) is 20.4 Å². The Morgan fingerprint density at radius 3 is 2.33 bits per heavy atom. The van der Waals surface area contributed by atoms with E-state index in [9.17, 15) is 14.4 Å². The van der Waals surface area contributed by atoms with Crippen LogP contribution in [0.5, 0.6) is 0 Å². The molecule has 0 atom stereocenters. The molecule has 1 aromatic heterocycles. The van der Waals surface area contributed by atoms with Gasteiger partial charge in [0, 0.05) is 11.8 Å². The van der Waals surface area contributed by atoms with Crippen molar-refractivity contribution in [3.63, 3.8) is 0 Å². The van der Waals surface area contributed by atoms with Crippen molar-refractivity contribution in [1.29, 1.82) is 0 Å². The Kier molecular flexibility index (Phi) is 3.07. The molecule has 0 aliphatic carbocycles. The lowest BCUT2D eigenvalue weighted by Crippen LogP contribution is -2.51. The molecule has 7 heteroatoms. The maximum Gasteiger partial charge on any atom is 0.328 e. The Hall–Kier alpha value is -3.22. The number of aromatic nitrogens is 2. The molecule has 0 radical (unpaired) electrons. The fraction of sp³-hybridized carbons (Fsp3) is 0. The maximum absolute atomic E-state index is 11.6. The highest BCUT2D eigenvalue weighted by Crippen LogP contribution is 2.12. The van der Waals surface area contributed by atoms with E-state index < -0.39 is 17.8 Å². The van der Waals surface area contributed by atoms with E-state index in [1.165, 1.54) is 12.3 Å². The standard InChI is InChI=1S/C14H10N4O3/c19-12-11(13(20)17-14(21)16-12)6-9-7-15-18(8-9)10-4-2-1-3-5-10/h1-8H,(H2,16,17,19,20,21). The number of carbonyl (C=O) groups excluding carboxylic acids is 3. The Morgan fingerprint density at radius 2 is 1.67 bits per heavy atom. The van der Waals surface area contributed by atoms with Crippen LogP contribution in [0.25, 0.3) is 11.8 Å². The van der Waals surface area contributed by atoms with Crippen molar-refractivity contribution < 1.29 is 14.4 Å². The predicted octanol–water partition coefficient (Wildman–Crippen LogP) is 0.622. The largest absolute Gasteiger partial charge is 0.328 e. The van der Waals surface area contributed by atoms with Crippen LogP contribution >= 0.6 is 0 Å². The molecule has 1 fully saturated rings. The van der Waals surface area contributed by atoms with E-state index in [2.05, 4.69) is 5.10 Å². The first kappa shape index (κ1) is 12.8. The molecule has 1 aliphatic rings. The zero-order chi connectivity index (χ0) is 14.8. The van der Waals surface area contributed by atoms with Crippen molar-refractivity contribution in [3.8, 4) is 5.69 Å². The number of imide groups is 2. The van der Waals surface area contributed by atoms with E-state index in [4.69, 9.17) is 0 Å². The molecule has 1 aromatic carbocycles. The number of urea groups is 1. The summed E-state index contributed by atoms with van der Waals surface area (Å²) in [5, 5.41) is 8.19. The highest BCUT2D eigenvalue weighted by Gasteiger charge is 2.27. The van der Waals surface area contributed by atoms with Crippen molar-refractivity contribution in [2.45, 2.75) is 0 Å². The van der Waals surface area contributed by atoms with Gasteiger partial charge in [-0.15, -0.1) is 0 Å². The molecule has 2 heterocycles. The SMILES string of the molecule is O=C1NC(=O)C(=Cc2cnn(-c3ccccc3)c2)C(=O)N1. The van der Waals surface area contributed by atoms with Crippen LogP contribution in [-0.4, -0.2) is 27.6 Å². The summed E-state index contributed by atoms with van der Waals surface area (Å²) >= 11 is 0. The lowest BCUT2D eigenvalue weighted by Gasteiger charge is -2.13. The minimum absolute atomic E-state index is 0.137. The third kappa shape index (κ3) is 2.57. The number of hydrogen-bond acceptors (Lipinski definition) is 4. The Bertz CT molecular complexity index is 740. The fourth-order valence-corrected chi connectivity index (χ4v) is 1.91.